The lowest BCUT2D eigenvalue weighted by Crippen LogP contribution is -2.28. The normalized spacial score (nSPS) is 9.67. The molecule has 9 heavy (non-hydrogen) atoms. The van der Waals surface area contributed by atoms with Crippen LogP contribution in [0.3, 0.4) is 0 Å². The molecule has 3 nitrogen and oxygen atoms in total. The molecular formula is C4H6BNO2S. The van der Waals surface area contributed by atoms with Crippen molar-refractivity contribution in [1.82, 2.24) is 4.98 Å². The summed E-state index contributed by atoms with van der Waals surface area (Å²) < 4.78 is 0.523. The van der Waals surface area contributed by atoms with Gasteiger partial charge in [-0.25, -0.2) is 0 Å². The zero-order valence-electron chi connectivity index (χ0n) is 4.90. The van der Waals surface area contributed by atoms with Gasteiger partial charge in [0.1, 0.15) is 0 Å². The third kappa shape index (κ3) is 1.30. The Morgan fingerprint density at radius 3 is 2.56 bits per heavy atom. The highest BCUT2D eigenvalue weighted by Gasteiger charge is 2.15. The first-order chi connectivity index (χ1) is 4.22. The summed E-state index contributed by atoms with van der Waals surface area (Å²) in [5.74, 6) is 0. The van der Waals surface area contributed by atoms with Crippen molar-refractivity contribution in [3.05, 3.63) is 11.2 Å². The molecule has 0 atom stereocenters. The number of aryl methyl sites for hydroxylation is 1. The molecule has 1 aromatic heterocycles. The van der Waals surface area contributed by atoms with Crippen molar-refractivity contribution >= 4 is 23.2 Å². The van der Waals surface area contributed by atoms with Crippen LogP contribution < -0.4 is 4.78 Å². The molecule has 0 saturated carbocycles. The van der Waals surface area contributed by atoms with Crippen LogP contribution in [0.2, 0.25) is 0 Å². The summed E-state index contributed by atoms with van der Waals surface area (Å²) in [4.78, 5) is 3.84. The minimum absolute atomic E-state index is 0.523. The number of rotatable bonds is 1. The Hall–Kier alpha value is -0.385. The molecule has 0 aliphatic heterocycles. The summed E-state index contributed by atoms with van der Waals surface area (Å²) >= 11 is 1.25. The average molecular weight is 143 g/mol. The summed E-state index contributed by atoms with van der Waals surface area (Å²) in [5.41, 5.74) is 2.28. The Labute approximate surface area is 57.1 Å². The van der Waals surface area contributed by atoms with Crippen molar-refractivity contribution < 1.29 is 10.0 Å². The van der Waals surface area contributed by atoms with Crippen LogP contribution in [0, 0.1) is 6.92 Å². The van der Waals surface area contributed by atoms with E-state index in [0.29, 0.717) is 10.5 Å². The second kappa shape index (κ2) is 2.47. The van der Waals surface area contributed by atoms with Gasteiger partial charge in [-0.15, -0.1) is 11.3 Å². The van der Waals surface area contributed by atoms with E-state index in [4.69, 9.17) is 10.0 Å². The van der Waals surface area contributed by atoms with Gasteiger partial charge in [0.2, 0.25) is 0 Å². The molecule has 0 aliphatic rings. The molecule has 0 amide bonds. The molecule has 0 aromatic carbocycles. The summed E-state index contributed by atoms with van der Waals surface area (Å²) in [6.45, 7) is 1.74. The van der Waals surface area contributed by atoms with Gasteiger partial charge in [-0.05, 0) is 6.92 Å². The minimum atomic E-state index is -1.36. The molecule has 1 aromatic rings. The van der Waals surface area contributed by atoms with Crippen LogP contribution in [0.15, 0.2) is 5.51 Å². The topological polar surface area (TPSA) is 53.4 Å². The molecular weight excluding hydrogens is 137 g/mol. The van der Waals surface area contributed by atoms with Crippen molar-refractivity contribution in [3.63, 3.8) is 0 Å². The lowest BCUT2D eigenvalue weighted by molar-refractivity contribution is 0.426. The van der Waals surface area contributed by atoms with Gasteiger partial charge >= 0.3 is 7.12 Å². The number of hydrogen-bond donors (Lipinski definition) is 2. The molecule has 0 fully saturated rings. The van der Waals surface area contributed by atoms with Crippen LogP contribution >= 0.6 is 11.3 Å². The molecule has 1 heterocycles. The molecule has 0 radical (unpaired) electrons. The van der Waals surface area contributed by atoms with Crippen molar-refractivity contribution in [3.8, 4) is 0 Å². The fourth-order valence-corrected chi connectivity index (χ4v) is 1.23. The second-order valence-corrected chi connectivity index (χ2v) is 2.56. The van der Waals surface area contributed by atoms with Crippen LogP contribution in [0.5, 0.6) is 0 Å². The largest absolute Gasteiger partial charge is 0.501 e. The van der Waals surface area contributed by atoms with Gasteiger partial charge in [0.15, 0.2) is 0 Å². The highest BCUT2D eigenvalue weighted by Crippen LogP contribution is 1.95. The Kier molecular flexibility index (Phi) is 1.85. The van der Waals surface area contributed by atoms with Crippen molar-refractivity contribution in [2.75, 3.05) is 0 Å². The Bertz CT molecular complexity index is 200. The predicted molar refractivity (Wildman–Crippen MR) is 36.7 cm³/mol. The van der Waals surface area contributed by atoms with E-state index < -0.39 is 7.12 Å². The monoisotopic (exact) mass is 143 g/mol. The third-order valence-corrected chi connectivity index (χ3v) is 1.99. The first-order valence-corrected chi connectivity index (χ1v) is 3.36. The van der Waals surface area contributed by atoms with Crippen LogP contribution in [0.4, 0.5) is 0 Å². The standard InChI is InChI=1S/C4H6BNO2S/c1-3-4(5(7)8)9-2-6-3/h2,7-8H,1H3. The van der Waals surface area contributed by atoms with Crippen molar-refractivity contribution in [1.29, 1.82) is 0 Å². The highest BCUT2D eigenvalue weighted by molar-refractivity contribution is 7.20. The maximum Gasteiger partial charge on any atom is 0.501 e. The maximum absolute atomic E-state index is 8.62. The average Bonchev–Trinajstić information content (AvgIpc) is 2.13. The van der Waals surface area contributed by atoms with E-state index >= 15 is 0 Å². The Morgan fingerprint density at radius 2 is 2.33 bits per heavy atom. The van der Waals surface area contributed by atoms with E-state index in [1.807, 2.05) is 0 Å². The summed E-state index contributed by atoms with van der Waals surface area (Å²) in [7, 11) is -1.36. The molecule has 0 spiro atoms. The highest BCUT2D eigenvalue weighted by atomic mass is 32.1. The van der Waals surface area contributed by atoms with Crippen LogP contribution in [0.25, 0.3) is 0 Å². The molecule has 0 saturated heterocycles. The second-order valence-electron chi connectivity index (χ2n) is 1.68. The fraction of sp³-hybridized carbons (Fsp3) is 0.250. The van der Waals surface area contributed by atoms with Crippen LogP contribution in [0.1, 0.15) is 5.69 Å². The lowest BCUT2D eigenvalue weighted by Gasteiger charge is -1.91. The Balaban J connectivity index is 2.94. The summed E-state index contributed by atoms with van der Waals surface area (Å²) in [6.07, 6.45) is 0. The number of thiazole rings is 1. The zero-order chi connectivity index (χ0) is 6.85. The SMILES string of the molecule is Cc1ncsc1B(O)O. The number of nitrogens with zero attached hydrogens (tertiary/aromatic N) is 1. The molecule has 48 valence electrons. The van der Waals surface area contributed by atoms with Gasteiger partial charge in [-0.1, -0.05) is 0 Å². The fourth-order valence-electron chi connectivity index (χ4n) is 0.559. The third-order valence-electron chi connectivity index (χ3n) is 1.02. The summed E-state index contributed by atoms with van der Waals surface area (Å²) in [6, 6.07) is 0. The van der Waals surface area contributed by atoms with E-state index in [-0.39, 0.29) is 0 Å². The van der Waals surface area contributed by atoms with Gasteiger partial charge in [0.05, 0.1) is 10.3 Å². The maximum atomic E-state index is 8.62. The van der Waals surface area contributed by atoms with Crippen LogP contribution in [-0.4, -0.2) is 22.2 Å². The van der Waals surface area contributed by atoms with Crippen molar-refractivity contribution in [2.24, 2.45) is 0 Å². The predicted octanol–water partition coefficient (Wildman–Crippen LogP) is -0.869. The number of aromatic nitrogens is 1. The molecule has 0 bridgehead atoms. The first-order valence-electron chi connectivity index (χ1n) is 2.48. The zero-order valence-corrected chi connectivity index (χ0v) is 5.72. The van der Waals surface area contributed by atoms with Gasteiger partial charge in [0, 0.05) is 5.69 Å². The van der Waals surface area contributed by atoms with E-state index in [0.717, 1.165) is 0 Å². The van der Waals surface area contributed by atoms with E-state index in [2.05, 4.69) is 4.98 Å². The van der Waals surface area contributed by atoms with E-state index in [1.54, 1.807) is 12.4 Å². The van der Waals surface area contributed by atoms with Gasteiger partial charge in [-0.2, -0.15) is 0 Å². The van der Waals surface area contributed by atoms with E-state index in [1.165, 1.54) is 11.3 Å². The number of hydrogen-bond acceptors (Lipinski definition) is 4. The van der Waals surface area contributed by atoms with Gasteiger partial charge in [0.25, 0.3) is 0 Å². The molecule has 0 unspecified atom stereocenters. The van der Waals surface area contributed by atoms with E-state index in [9.17, 15) is 0 Å². The smallest absolute Gasteiger partial charge is 0.423 e. The molecule has 5 heteroatoms. The van der Waals surface area contributed by atoms with Gasteiger partial charge < -0.3 is 10.0 Å². The van der Waals surface area contributed by atoms with Crippen LogP contribution in [-0.2, 0) is 0 Å². The molecule has 2 N–H and O–H groups in total. The quantitative estimate of drug-likeness (QED) is 0.502. The van der Waals surface area contributed by atoms with Gasteiger partial charge in [-0.3, -0.25) is 4.98 Å². The lowest BCUT2D eigenvalue weighted by atomic mass is 9.88. The first kappa shape index (κ1) is 6.73. The molecule has 1 rings (SSSR count). The molecule has 0 aliphatic carbocycles. The Morgan fingerprint density at radius 1 is 1.67 bits per heavy atom. The summed E-state index contributed by atoms with van der Waals surface area (Å²) in [5, 5.41) is 17.2. The minimum Gasteiger partial charge on any atom is -0.423 e. The van der Waals surface area contributed by atoms with Crippen molar-refractivity contribution in [2.45, 2.75) is 6.92 Å².